The van der Waals surface area contributed by atoms with Crippen molar-refractivity contribution < 1.29 is 0 Å². The third-order valence-corrected chi connectivity index (χ3v) is 3.26. The molecular weight excluding hydrogens is 144 g/mol. The van der Waals surface area contributed by atoms with Gasteiger partial charge in [0.1, 0.15) is 0 Å². The zero-order valence-corrected chi connectivity index (χ0v) is 6.85. The number of fused-ring (bicyclic) bond motifs is 1. The SMILES string of the molecule is ClC1C2/C=C\CCCCC12. The smallest absolute Gasteiger partial charge is 0.0436 e. The molecule has 0 aromatic carbocycles. The molecule has 3 atom stereocenters. The summed E-state index contributed by atoms with van der Waals surface area (Å²) in [4.78, 5) is 0. The van der Waals surface area contributed by atoms with Crippen LogP contribution in [0.25, 0.3) is 0 Å². The topological polar surface area (TPSA) is 0 Å². The van der Waals surface area contributed by atoms with Crippen LogP contribution in [0.2, 0.25) is 0 Å². The van der Waals surface area contributed by atoms with Gasteiger partial charge in [0.25, 0.3) is 0 Å². The molecule has 0 nitrogen and oxygen atoms in total. The Morgan fingerprint density at radius 1 is 1.30 bits per heavy atom. The molecule has 0 aliphatic heterocycles. The standard InChI is InChI=1S/C9H13Cl/c10-9-7-5-3-1-2-4-6-8(7)9/h3,5,7-9H,1-2,4,6H2/b5-3-. The highest BCUT2D eigenvalue weighted by Gasteiger charge is 2.46. The largest absolute Gasteiger partial charge is 0.122 e. The van der Waals surface area contributed by atoms with Crippen molar-refractivity contribution in [1.82, 2.24) is 0 Å². The second kappa shape index (κ2) is 2.58. The molecule has 10 heavy (non-hydrogen) atoms. The van der Waals surface area contributed by atoms with Crippen molar-refractivity contribution in [3.05, 3.63) is 12.2 Å². The lowest BCUT2D eigenvalue weighted by atomic mass is 10.1. The van der Waals surface area contributed by atoms with Crippen LogP contribution in [0.4, 0.5) is 0 Å². The van der Waals surface area contributed by atoms with Crippen LogP contribution in [0.1, 0.15) is 25.7 Å². The predicted molar refractivity (Wildman–Crippen MR) is 44.2 cm³/mol. The zero-order valence-electron chi connectivity index (χ0n) is 6.09. The van der Waals surface area contributed by atoms with Crippen molar-refractivity contribution >= 4 is 11.6 Å². The Kier molecular flexibility index (Phi) is 1.73. The highest BCUT2D eigenvalue weighted by atomic mass is 35.5. The molecular formula is C9H13Cl. The second-order valence-corrected chi connectivity index (χ2v) is 3.90. The van der Waals surface area contributed by atoms with E-state index < -0.39 is 0 Å². The maximum absolute atomic E-state index is 6.05. The zero-order chi connectivity index (χ0) is 6.97. The molecule has 2 aliphatic rings. The molecule has 1 fully saturated rings. The van der Waals surface area contributed by atoms with Crippen LogP contribution in [0.3, 0.4) is 0 Å². The maximum Gasteiger partial charge on any atom is 0.0436 e. The summed E-state index contributed by atoms with van der Waals surface area (Å²) in [6, 6.07) is 0. The summed E-state index contributed by atoms with van der Waals surface area (Å²) >= 11 is 6.05. The maximum atomic E-state index is 6.05. The van der Waals surface area contributed by atoms with E-state index in [2.05, 4.69) is 12.2 Å². The van der Waals surface area contributed by atoms with Gasteiger partial charge in [-0.15, -0.1) is 11.6 Å². The van der Waals surface area contributed by atoms with E-state index in [0.717, 1.165) is 11.8 Å². The average Bonchev–Trinajstić information content (AvgIpc) is 2.39. The normalized spacial score (nSPS) is 48.7. The molecule has 0 aromatic heterocycles. The lowest BCUT2D eigenvalue weighted by molar-refractivity contribution is 0.606. The third kappa shape index (κ3) is 1.10. The summed E-state index contributed by atoms with van der Waals surface area (Å²) in [5.74, 6) is 1.57. The minimum absolute atomic E-state index is 0.481. The molecule has 0 spiro atoms. The number of hydrogen-bond donors (Lipinski definition) is 0. The Morgan fingerprint density at radius 2 is 2.20 bits per heavy atom. The first-order valence-electron chi connectivity index (χ1n) is 4.20. The molecule has 2 rings (SSSR count). The summed E-state index contributed by atoms with van der Waals surface area (Å²) < 4.78 is 0. The monoisotopic (exact) mass is 156 g/mol. The fraction of sp³-hybridized carbons (Fsp3) is 0.778. The lowest BCUT2D eigenvalue weighted by Gasteiger charge is -1.99. The van der Waals surface area contributed by atoms with E-state index in [0.29, 0.717) is 5.38 Å². The van der Waals surface area contributed by atoms with Gasteiger partial charge < -0.3 is 0 Å². The van der Waals surface area contributed by atoms with Crippen LogP contribution in [0, 0.1) is 11.8 Å². The molecule has 1 heteroatoms. The molecule has 0 saturated heterocycles. The van der Waals surface area contributed by atoms with Crippen LogP contribution in [0.15, 0.2) is 12.2 Å². The minimum atomic E-state index is 0.481. The van der Waals surface area contributed by atoms with E-state index in [4.69, 9.17) is 11.6 Å². The van der Waals surface area contributed by atoms with Crippen LogP contribution in [-0.4, -0.2) is 5.38 Å². The molecule has 0 aromatic rings. The molecule has 56 valence electrons. The predicted octanol–water partition coefficient (Wildman–Crippen LogP) is 2.97. The van der Waals surface area contributed by atoms with E-state index >= 15 is 0 Å². The summed E-state index contributed by atoms with van der Waals surface area (Å²) in [5, 5.41) is 0.481. The molecule has 0 bridgehead atoms. The minimum Gasteiger partial charge on any atom is -0.122 e. The van der Waals surface area contributed by atoms with Crippen molar-refractivity contribution in [1.29, 1.82) is 0 Å². The number of rotatable bonds is 0. The van der Waals surface area contributed by atoms with Crippen LogP contribution < -0.4 is 0 Å². The van der Waals surface area contributed by atoms with Gasteiger partial charge >= 0.3 is 0 Å². The van der Waals surface area contributed by atoms with Gasteiger partial charge in [-0.3, -0.25) is 0 Å². The second-order valence-electron chi connectivity index (χ2n) is 3.40. The van der Waals surface area contributed by atoms with E-state index in [9.17, 15) is 0 Å². The van der Waals surface area contributed by atoms with Gasteiger partial charge in [-0.2, -0.15) is 0 Å². The Hall–Kier alpha value is 0.0300. The van der Waals surface area contributed by atoms with Gasteiger partial charge in [0.05, 0.1) is 0 Å². The molecule has 0 N–H and O–H groups in total. The number of hydrogen-bond acceptors (Lipinski definition) is 0. The first-order chi connectivity index (χ1) is 4.89. The van der Waals surface area contributed by atoms with E-state index in [1.807, 2.05) is 0 Å². The van der Waals surface area contributed by atoms with Crippen molar-refractivity contribution in [2.24, 2.45) is 11.8 Å². The van der Waals surface area contributed by atoms with Gasteiger partial charge in [0, 0.05) is 5.38 Å². The summed E-state index contributed by atoms with van der Waals surface area (Å²) in [6.07, 6.45) is 10.0. The Balaban J connectivity index is 1.99. The number of halogens is 1. The van der Waals surface area contributed by atoms with Crippen molar-refractivity contribution in [2.45, 2.75) is 31.1 Å². The summed E-state index contributed by atoms with van der Waals surface area (Å²) in [6.45, 7) is 0. The molecule has 0 amide bonds. The summed E-state index contributed by atoms with van der Waals surface area (Å²) in [5.41, 5.74) is 0. The Bertz CT molecular complexity index is 151. The van der Waals surface area contributed by atoms with Gasteiger partial charge in [-0.25, -0.2) is 0 Å². The van der Waals surface area contributed by atoms with Crippen LogP contribution in [0.5, 0.6) is 0 Å². The van der Waals surface area contributed by atoms with E-state index in [-0.39, 0.29) is 0 Å². The van der Waals surface area contributed by atoms with E-state index in [1.54, 1.807) is 0 Å². The van der Waals surface area contributed by atoms with Crippen LogP contribution in [-0.2, 0) is 0 Å². The van der Waals surface area contributed by atoms with Gasteiger partial charge in [-0.1, -0.05) is 18.6 Å². The Labute approximate surface area is 67.3 Å². The van der Waals surface area contributed by atoms with Crippen molar-refractivity contribution in [2.75, 3.05) is 0 Å². The van der Waals surface area contributed by atoms with Gasteiger partial charge in [0.15, 0.2) is 0 Å². The highest BCUT2D eigenvalue weighted by Crippen LogP contribution is 2.48. The van der Waals surface area contributed by atoms with Gasteiger partial charge in [-0.05, 0) is 31.1 Å². The fourth-order valence-corrected chi connectivity index (χ4v) is 2.33. The first kappa shape index (κ1) is 6.72. The number of alkyl halides is 1. The van der Waals surface area contributed by atoms with Crippen molar-refractivity contribution in [3.63, 3.8) is 0 Å². The van der Waals surface area contributed by atoms with Crippen LogP contribution >= 0.6 is 11.6 Å². The quantitative estimate of drug-likeness (QED) is 0.374. The Morgan fingerprint density at radius 3 is 3.10 bits per heavy atom. The third-order valence-electron chi connectivity index (χ3n) is 2.65. The molecule has 3 unspecified atom stereocenters. The van der Waals surface area contributed by atoms with Gasteiger partial charge in [0.2, 0.25) is 0 Å². The molecule has 0 heterocycles. The molecule has 1 saturated carbocycles. The summed E-state index contributed by atoms with van der Waals surface area (Å²) in [7, 11) is 0. The number of allylic oxidation sites excluding steroid dienone is 2. The highest BCUT2D eigenvalue weighted by molar-refractivity contribution is 6.23. The molecule has 0 radical (unpaired) electrons. The lowest BCUT2D eigenvalue weighted by Crippen LogP contribution is -1.85. The fourth-order valence-electron chi connectivity index (χ4n) is 1.85. The van der Waals surface area contributed by atoms with E-state index in [1.165, 1.54) is 25.7 Å². The van der Waals surface area contributed by atoms with Crippen molar-refractivity contribution in [3.8, 4) is 0 Å². The first-order valence-corrected chi connectivity index (χ1v) is 4.64. The average molecular weight is 157 g/mol. The molecule has 2 aliphatic carbocycles.